The zero-order valence-electron chi connectivity index (χ0n) is 10.8. The Kier molecular flexibility index (Phi) is 5.71. The molecule has 4 heteroatoms. The Morgan fingerprint density at radius 2 is 2.06 bits per heavy atom. The van der Waals surface area contributed by atoms with Crippen LogP contribution in [-0.4, -0.2) is 56.5 Å². The van der Waals surface area contributed by atoms with E-state index in [4.69, 9.17) is 15.2 Å². The average Bonchev–Trinajstić information content (AvgIpc) is 2.41. The summed E-state index contributed by atoms with van der Waals surface area (Å²) >= 11 is 0. The lowest BCUT2D eigenvalue weighted by Gasteiger charge is -2.38. The summed E-state index contributed by atoms with van der Waals surface area (Å²) in [4.78, 5) is 2.59. The Bertz CT molecular complexity index is 200. The van der Waals surface area contributed by atoms with Gasteiger partial charge in [0.05, 0.1) is 12.7 Å². The SMILES string of the molecule is NCCCOC1CCN(C2CCCOC2)CC1. The quantitative estimate of drug-likeness (QED) is 0.731. The minimum absolute atomic E-state index is 0.460. The zero-order chi connectivity index (χ0) is 11.9. The normalized spacial score (nSPS) is 28.4. The molecule has 4 nitrogen and oxygen atoms in total. The third-order valence-corrected chi connectivity index (χ3v) is 3.83. The Hall–Kier alpha value is -0.160. The third-order valence-electron chi connectivity index (χ3n) is 3.83. The van der Waals surface area contributed by atoms with Crippen LogP contribution in [-0.2, 0) is 9.47 Å². The number of nitrogens with two attached hydrogens (primary N) is 1. The predicted octanol–water partition coefficient (Wildman–Crippen LogP) is 0.995. The Morgan fingerprint density at radius 1 is 1.24 bits per heavy atom. The van der Waals surface area contributed by atoms with Gasteiger partial charge in [-0.15, -0.1) is 0 Å². The van der Waals surface area contributed by atoms with Crippen molar-refractivity contribution in [2.24, 2.45) is 5.73 Å². The van der Waals surface area contributed by atoms with Crippen LogP contribution in [0.25, 0.3) is 0 Å². The molecule has 2 aliphatic heterocycles. The topological polar surface area (TPSA) is 47.7 Å². The predicted molar refractivity (Wildman–Crippen MR) is 68.1 cm³/mol. The Balaban J connectivity index is 1.63. The monoisotopic (exact) mass is 242 g/mol. The van der Waals surface area contributed by atoms with Crippen molar-refractivity contribution >= 4 is 0 Å². The molecule has 0 aromatic carbocycles. The van der Waals surface area contributed by atoms with Gasteiger partial charge in [0.15, 0.2) is 0 Å². The molecule has 0 aromatic heterocycles. The van der Waals surface area contributed by atoms with E-state index >= 15 is 0 Å². The number of hydrogen-bond donors (Lipinski definition) is 1. The van der Waals surface area contributed by atoms with Crippen LogP contribution in [0.5, 0.6) is 0 Å². The molecule has 0 spiro atoms. The number of hydrogen-bond acceptors (Lipinski definition) is 4. The second kappa shape index (κ2) is 7.31. The van der Waals surface area contributed by atoms with E-state index in [9.17, 15) is 0 Å². The lowest BCUT2D eigenvalue weighted by Crippen LogP contribution is -2.46. The summed E-state index contributed by atoms with van der Waals surface area (Å²) in [5.41, 5.74) is 5.46. The molecule has 2 N–H and O–H groups in total. The van der Waals surface area contributed by atoms with Gasteiger partial charge in [-0.2, -0.15) is 0 Å². The van der Waals surface area contributed by atoms with Gasteiger partial charge in [0.1, 0.15) is 0 Å². The maximum Gasteiger partial charge on any atom is 0.0621 e. The Morgan fingerprint density at radius 3 is 2.71 bits per heavy atom. The summed E-state index contributed by atoms with van der Waals surface area (Å²) in [6.07, 6.45) is 6.30. The molecule has 0 aliphatic carbocycles. The molecule has 0 amide bonds. The fourth-order valence-electron chi connectivity index (χ4n) is 2.75. The first kappa shape index (κ1) is 13.3. The first-order valence-corrected chi connectivity index (χ1v) is 7.03. The van der Waals surface area contributed by atoms with E-state index in [-0.39, 0.29) is 0 Å². The largest absolute Gasteiger partial charge is 0.380 e. The van der Waals surface area contributed by atoms with Crippen LogP contribution in [0.3, 0.4) is 0 Å². The molecule has 100 valence electrons. The molecule has 2 fully saturated rings. The van der Waals surface area contributed by atoms with Gasteiger partial charge in [-0.1, -0.05) is 0 Å². The lowest BCUT2D eigenvalue weighted by molar-refractivity contribution is -0.0310. The summed E-state index contributed by atoms with van der Waals surface area (Å²) in [5, 5.41) is 0. The van der Waals surface area contributed by atoms with Crippen LogP contribution in [0.4, 0.5) is 0 Å². The van der Waals surface area contributed by atoms with Crippen molar-refractivity contribution in [2.75, 3.05) is 39.5 Å². The van der Waals surface area contributed by atoms with Crippen LogP contribution in [0.2, 0.25) is 0 Å². The number of likely N-dealkylation sites (tertiary alicyclic amines) is 1. The molecule has 0 radical (unpaired) electrons. The number of piperidine rings is 1. The zero-order valence-corrected chi connectivity index (χ0v) is 10.8. The van der Waals surface area contributed by atoms with Crippen LogP contribution in [0, 0.1) is 0 Å². The number of nitrogens with zero attached hydrogens (tertiary/aromatic N) is 1. The van der Waals surface area contributed by atoms with Gasteiger partial charge in [0, 0.05) is 32.3 Å². The van der Waals surface area contributed by atoms with Crippen molar-refractivity contribution in [3.05, 3.63) is 0 Å². The van der Waals surface area contributed by atoms with Crippen molar-refractivity contribution in [3.63, 3.8) is 0 Å². The van der Waals surface area contributed by atoms with E-state index in [0.29, 0.717) is 12.1 Å². The summed E-state index contributed by atoms with van der Waals surface area (Å²) in [6, 6.07) is 0.661. The van der Waals surface area contributed by atoms with E-state index in [2.05, 4.69) is 4.90 Å². The molecule has 2 saturated heterocycles. The molecule has 0 bridgehead atoms. The molecule has 2 heterocycles. The van der Waals surface area contributed by atoms with E-state index in [1.54, 1.807) is 0 Å². The van der Waals surface area contributed by atoms with Crippen molar-refractivity contribution < 1.29 is 9.47 Å². The fraction of sp³-hybridized carbons (Fsp3) is 1.00. The number of ether oxygens (including phenoxy) is 2. The van der Waals surface area contributed by atoms with Crippen LogP contribution in [0.1, 0.15) is 32.1 Å². The summed E-state index contributed by atoms with van der Waals surface area (Å²) in [7, 11) is 0. The molecule has 0 aromatic rings. The van der Waals surface area contributed by atoms with Gasteiger partial charge in [-0.25, -0.2) is 0 Å². The maximum absolute atomic E-state index is 5.82. The minimum Gasteiger partial charge on any atom is -0.380 e. The van der Waals surface area contributed by atoms with Crippen molar-refractivity contribution in [1.82, 2.24) is 4.90 Å². The van der Waals surface area contributed by atoms with Crippen molar-refractivity contribution in [1.29, 1.82) is 0 Å². The first-order chi connectivity index (χ1) is 8.40. The summed E-state index contributed by atoms with van der Waals surface area (Å²) < 4.78 is 11.4. The molecular formula is C13H26N2O2. The van der Waals surface area contributed by atoms with Crippen LogP contribution in [0.15, 0.2) is 0 Å². The van der Waals surface area contributed by atoms with Gasteiger partial charge < -0.3 is 15.2 Å². The van der Waals surface area contributed by atoms with E-state index in [0.717, 1.165) is 32.8 Å². The minimum atomic E-state index is 0.460. The average molecular weight is 242 g/mol. The molecule has 1 unspecified atom stereocenters. The lowest BCUT2D eigenvalue weighted by atomic mass is 10.0. The van der Waals surface area contributed by atoms with Crippen LogP contribution >= 0.6 is 0 Å². The highest BCUT2D eigenvalue weighted by molar-refractivity contribution is 4.80. The van der Waals surface area contributed by atoms with Crippen molar-refractivity contribution in [3.8, 4) is 0 Å². The second-order valence-corrected chi connectivity index (χ2v) is 5.12. The van der Waals surface area contributed by atoms with Gasteiger partial charge >= 0.3 is 0 Å². The van der Waals surface area contributed by atoms with E-state index < -0.39 is 0 Å². The highest BCUT2D eigenvalue weighted by Gasteiger charge is 2.26. The number of rotatable bonds is 5. The second-order valence-electron chi connectivity index (χ2n) is 5.12. The molecule has 1 atom stereocenters. The summed E-state index contributed by atoms with van der Waals surface area (Å²) in [5.74, 6) is 0. The molecule has 17 heavy (non-hydrogen) atoms. The molecule has 0 saturated carbocycles. The van der Waals surface area contributed by atoms with E-state index in [1.165, 1.54) is 38.8 Å². The van der Waals surface area contributed by atoms with Crippen LogP contribution < -0.4 is 5.73 Å². The highest BCUT2D eigenvalue weighted by Crippen LogP contribution is 2.20. The van der Waals surface area contributed by atoms with Crippen molar-refractivity contribution in [2.45, 2.75) is 44.2 Å². The fourth-order valence-corrected chi connectivity index (χ4v) is 2.75. The Labute approximate surface area is 104 Å². The molecule has 2 rings (SSSR count). The van der Waals surface area contributed by atoms with E-state index in [1.807, 2.05) is 0 Å². The van der Waals surface area contributed by atoms with Gasteiger partial charge in [-0.05, 0) is 38.6 Å². The van der Waals surface area contributed by atoms with Gasteiger partial charge in [0.2, 0.25) is 0 Å². The van der Waals surface area contributed by atoms with Gasteiger partial charge in [0.25, 0.3) is 0 Å². The molecular weight excluding hydrogens is 216 g/mol. The summed E-state index contributed by atoms with van der Waals surface area (Å²) in [6.45, 7) is 5.78. The smallest absolute Gasteiger partial charge is 0.0621 e. The highest BCUT2D eigenvalue weighted by atomic mass is 16.5. The standard InChI is InChI=1S/C13H26N2O2/c14-6-2-10-17-13-4-7-15(8-5-13)12-3-1-9-16-11-12/h12-13H,1-11,14H2. The first-order valence-electron chi connectivity index (χ1n) is 7.03. The third kappa shape index (κ3) is 4.21. The molecule has 2 aliphatic rings. The van der Waals surface area contributed by atoms with Gasteiger partial charge in [-0.3, -0.25) is 4.90 Å². The maximum atomic E-state index is 5.82.